The molecule has 0 bridgehead atoms. The molecule has 0 spiro atoms. The second kappa shape index (κ2) is 2.97. The third-order valence-corrected chi connectivity index (χ3v) is 0.824. The highest BCUT2D eigenvalue weighted by molar-refractivity contribution is 6.14. The molecule has 0 saturated heterocycles. The van der Waals surface area contributed by atoms with E-state index in [4.69, 9.17) is 0 Å². The van der Waals surface area contributed by atoms with Crippen LogP contribution in [0.3, 0.4) is 0 Å². The summed E-state index contributed by atoms with van der Waals surface area (Å²) in [4.78, 5) is 20.6. The van der Waals surface area contributed by atoms with E-state index in [1.54, 1.807) is 0 Å². The summed E-state index contributed by atoms with van der Waals surface area (Å²) in [6.45, 7) is 0. The maximum Gasteiger partial charge on any atom is 0.178 e. The van der Waals surface area contributed by atoms with E-state index in [-0.39, 0.29) is 19.0 Å². The van der Waals surface area contributed by atoms with Gasteiger partial charge in [0.25, 0.3) is 0 Å². The minimum Gasteiger partial charge on any atom is -0.290 e. The number of carbonyl (C=O) groups is 2. The second-order valence-corrected chi connectivity index (χ2v) is 1.47. The van der Waals surface area contributed by atoms with Crippen LogP contribution in [0.5, 0.6) is 0 Å². The number of rotatable bonds is 0. The number of ketones is 2. The van der Waals surface area contributed by atoms with E-state index in [0.717, 1.165) is 0 Å². The van der Waals surface area contributed by atoms with Crippen LogP contribution in [0.25, 0.3) is 0 Å². The molecule has 0 heterocycles. The van der Waals surface area contributed by atoms with Gasteiger partial charge < -0.3 is 0 Å². The minimum absolute atomic E-state index is 0. The zero-order valence-corrected chi connectivity index (χ0v) is 4.63. The van der Waals surface area contributed by atoms with Crippen molar-refractivity contribution < 1.29 is 9.59 Å². The van der Waals surface area contributed by atoms with Gasteiger partial charge >= 0.3 is 0 Å². The number of carbonyl (C=O) groups excluding carboxylic acids is 2. The largest absolute Gasteiger partial charge is 0.290 e. The highest BCUT2D eigenvalue weighted by Crippen LogP contribution is 1.90. The van der Waals surface area contributed by atoms with Gasteiger partial charge in [0.1, 0.15) is 0 Å². The highest BCUT2D eigenvalue weighted by Gasteiger charge is 1.97. The first-order valence-corrected chi connectivity index (χ1v) is 2.23. The summed E-state index contributed by atoms with van der Waals surface area (Å²) in [5.41, 5.74) is 0. The Kier molecular flexibility index (Phi) is 2.58. The molecule has 0 saturated carbocycles. The van der Waals surface area contributed by atoms with Crippen LogP contribution in [0.2, 0.25) is 0 Å². The topological polar surface area (TPSA) is 34.1 Å². The van der Waals surface area contributed by atoms with Crippen LogP contribution in [-0.4, -0.2) is 11.6 Å². The van der Waals surface area contributed by atoms with Gasteiger partial charge in [-0.15, -0.1) is 0 Å². The van der Waals surface area contributed by atoms with Gasteiger partial charge in [-0.3, -0.25) is 9.59 Å². The van der Waals surface area contributed by atoms with E-state index in [9.17, 15) is 9.59 Å². The molecule has 0 atom stereocenters. The van der Waals surface area contributed by atoms with Crippen LogP contribution in [0.1, 0.15) is 0 Å². The SMILES string of the molecule is O=C1C=CC(=O)C=C1.[C]. The quantitative estimate of drug-likeness (QED) is 0.432. The molecule has 2 heteroatoms. The number of allylic oxidation sites excluding steroid dienone is 4. The molecular formula is C7H4O2. The molecule has 9 heavy (non-hydrogen) atoms. The maximum atomic E-state index is 10.3. The maximum absolute atomic E-state index is 10.3. The van der Waals surface area contributed by atoms with Crippen LogP contribution >= 0.6 is 0 Å². The van der Waals surface area contributed by atoms with Gasteiger partial charge in [0.15, 0.2) is 11.6 Å². The van der Waals surface area contributed by atoms with Gasteiger partial charge in [0, 0.05) is 7.43 Å². The summed E-state index contributed by atoms with van der Waals surface area (Å²) in [7, 11) is 0. The molecule has 0 aliphatic heterocycles. The van der Waals surface area contributed by atoms with Gasteiger partial charge in [-0.25, -0.2) is 0 Å². The molecule has 0 amide bonds. The zero-order chi connectivity index (χ0) is 5.98. The molecule has 1 rings (SSSR count). The Morgan fingerprint density at radius 2 is 1.00 bits per heavy atom. The molecule has 1 aliphatic carbocycles. The fraction of sp³-hybridized carbons (Fsp3) is 0. The molecule has 0 unspecified atom stereocenters. The van der Waals surface area contributed by atoms with Crippen LogP contribution in [0.4, 0.5) is 0 Å². The van der Waals surface area contributed by atoms with Gasteiger partial charge in [-0.1, -0.05) is 0 Å². The summed E-state index contributed by atoms with van der Waals surface area (Å²) < 4.78 is 0. The third kappa shape index (κ3) is 2.04. The van der Waals surface area contributed by atoms with E-state index in [1.807, 2.05) is 0 Å². The van der Waals surface area contributed by atoms with Crippen molar-refractivity contribution in [1.82, 2.24) is 0 Å². The third-order valence-electron chi connectivity index (χ3n) is 0.824. The summed E-state index contributed by atoms with van der Waals surface area (Å²) in [5, 5.41) is 0. The Bertz CT molecular complexity index is 149. The van der Waals surface area contributed by atoms with Crippen molar-refractivity contribution in [2.75, 3.05) is 0 Å². The predicted molar refractivity (Wildman–Crippen MR) is 31.5 cm³/mol. The van der Waals surface area contributed by atoms with Gasteiger partial charge in [0.05, 0.1) is 0 Å². The Balaban J connectivity index is 0.000000640. The molecule has 4 radical (unpaired) electrons. The lowest BCUT2D eigenvalue weighted by Gasteiger charge is -1.87. The van der Waals surface area contributed by atoms with Crippen molar-refractivity contribution in [3.05, 3.63) is 31.7 Å². The smallest absolute Gasteiger partial charge is 0.178 e. The van der Waals surface area contributed by atoms with Gasteiger partial charge in [-0.2, -0.15) is 0 Å². The predicted octanol–water partition coefficient (Wildman–Crippen LogP) is 0.332. The lowest BCUT2D eigenvalue weighted by atomic mass is 10.2. The number of hydrogen-bond acceptors (Lipinski definition) is 2. The minimum atomic E-state index is -0.121. The lowest BCUT2D eigenvalue weighted by Crippen LogP contribution is -1.97. The van der Waals surface area contributed by atoms with Crippen LogP contribution < -0.4 is 0 Å². The van der Waals surface area contributed by atoms with Crippen molar-refractivity contribution in [3.8, 4) is 0 Å². The summed E-state index contributed by atoms with van der Waals surface area (Å²) in [6, 6.07) is 0. The van der Waals surface area contributed by atoms with E-state index >= 15 is 0 Å². The summed E-state index contributed by atoms with van der Waals surface area (Å²) in [6.07, 6.45) is 5.01. The lowest BCUT2D eigenvalue weighted by molar-refractivity contribution is -0.113. The summed E-state index contributed by atoms with van der Waals surface area (Å²) >= 11 is 0. The molecule has 0 aromatic rings. The Labute approximate surface area is 53.9 Å². The molecule has 0 aromatic heterocycles. The molecule has 2 nitrogen and oxygen atoms in total. The normalized spacial score (nSPS) is 15.6. The standard InChI is InChI=1S/C6H4O2.C/c7-5-1-2-6(8)4-3-5;/h1-4H;. The van der Waals surface area contributed by atoms with Crippen molar-refractivity contribution >= 4 is 11.6 Å². The Morgan fingerprint density at radius 1 is 0.778 bits per heavy atom. The average molecular weight is 120 g/mol. The zero-order valence-electron chi connectivity index (χ0n) is 4.63. The first kappa shape index (κ1) is 7.82. The molecular weight excluding hydrogens is 116 g/mol. The van der Waals surface area contributed by atoms with Crippen molar-refractivity contribution in [2.24, 2.45) is 0 Å². The van der Waals surface area contributed by atoms with Gasteiger partial charge in [0.2, 0.25) is 0 Å². The van der Waals surface area contributed by atoms with E-state index in [1.165, 1.54) is 24.3 Å². The van der Waals surface area contributed by atoms with Crippen molar-refractivity contribution in [3.63, 3.8) is 0 Å². The molecule has 0 aromatic carbocycles. The first-order valence-electron chi connectivity index (χ1n) is 2.23. The van der Waals surface area contributed by atoms with Gasteiger partial charge in [-0.05, 0) is 24.3 Å². The second-order valence-electron chi connectivity index (χ2n) is 1.47. The highest BCUT2D eigenvalue weighted by atomic mass is 16.1. The first-order chi connectivity index (χ1) is 3.79. The monoisotopic (exact) mass is 120 g/mol. The molecule has 44 valence electrons. The Morgan fingerprint density at radius 3 is 1.22 bits per heavy atom. The number of hydrogen-bond donors (Lipinski definition) is 0. The van der Waals surface area contributed by atoms with Crippen molar-refractivity contribution in [1.29, 1.82) is 0 Å². The fourth-order valence-electron chi connectivity index (χ4n) is 0.440. The molecule has 0 fully saturated rings. The molecule has 0 N–H and O–H groups in total. The average Bonchev–Trinajstić information content (AvgIpc) is 1.77. The van der Waals surface area contributed by atoms with E-state index < -0.39 is 0 Å². The summed E-state index contributed by atoms with van der Waals surface area (Å²) in [5.74, 6) is -0.241. The van der Waals surface area contributed by atoms with E-state index in [2.05, 4.69) is 0 Å². The van der Waals surface area contributed by atoms with Crippen LogP contribution in [-0.2, 0) is 9.59 Å². The van der Waals surface area contributed by atoms with Crippen LogP contribution in [0, 0.1) is 7.43 Å². The van der Waals surface area contributed by atoms with Crippen molar-refractivity contribution in [2.45, 2.75) is 0 Å². The molecule has 1 aliphatic rings. The fourth-order valence-corrected chi connectivity index (χ4v) is 0.440. The Hall–Kier alpha value is -1.18. The van der Waals surface area contributed by atoms with Crippen LogP contribution in [0.15, 0.2) is 24.3 Å². The van der Waals surface area contributed by atoms with E-state index in [0.29, 0.717) is 0 Å².